The lowest BCUT2D eigenvalue weighted by atomic mass is 10.1. The van der Waals surface area contributed by atoms with Gasteiger partial charge in [0.05, 0.1) is 6.61 Å². The van der Waals surface area contributed by atoms with E-state index in [1.54, 1.807) is 12.4 Å². The van der Waals surface area contributed by atoms with Crippen molar-refractivity contribution < 1.29 is 9.53 Å². The maximum Gasteiger partial charge on any atom is 0.302 e. The first-order valence-corrected chi connectivity index (χ1v) is 4.41. The summed E-state index contributed by atoms with van der Waals surface area (Å²) in [6.07, 6.45) is 4.09. The molecule has 0 N–H and O–H groups in total. The van der Waals surface area contributed by atoms with E-state index in [4.69, 9.17) is 4.74 Å². The molecular formula is C11H13NO2. The second-order valence-electron chi connectivity index (χ2n) is 2.93. The molecule has 0 saturated carbocycles. The van der Waals surface area contributed by atoms with E-state index in [1.165, 1.54) is 6.92 Å². The monoisotopic (exact) mass is 191 g/mol. The molecular weight excluding hydrogens is 178 g/mol. The Labute approximate surface area is 83.4 Å². The summed E-state index contributed by atoms with van der Waals surface area (Å²) in [7, 11) is 0. The standard InChI is InChI=1S/C11H13NO2/c1-9(5-8-14-10(2)13)11-3-6-12-7-4-11/h3-4,6-7H,1,5,8H2,2H3. The molecule has 0 atom stereocenters. The molecule has 3 nitrogen and oxygen atoms in total. The number of carbonyl (C=O) groups excluding carboxylic acids is 1. The van der Waals surface area contributed by atoms with Crippen LogP contribution < -0.4 is 0 Å². The van der Waals surface area contributed by atoms with Crippen molar-refractivity contribution in [1.29, 1.82) is 0 Å². The lowest BCUT2D eigenvalue weighted by Crippen LogP contribution is -2.00. The normalized spacial score (nSPS) is 9.50. The highest BCUT2D eigenvalue weighted by Crippen LogP contribution is 2.14. The van der Waals surface area contributed by atoms with Crippen molar-refractivity contribution in [1.82, 2.24) is 4.98 Å². The number of rotatable bonds is 4. The topological polar surface area (TPSA) is 39.2 Å². The van der Waals surface area contributed by atoms with E-state index in [9.17, 15) is 4.79 Å². The summed E-state index contributed by atoms with van der Waals surface area (Å²) in [6.45, 7) is 5.69. The minimum atomic E-state index is -0.257. The summed E-state index contributed by atoms with van der Waals surface area (Å²) in [6, 6.07) is 3.77. The van der Waals surface area contributed by atoms with Gasteiger partial charge in [-0.25, -0.2) is 0 Å². The van der Waals surface area contributed by atoms with Crippen LogP contribution in [-0.4, -0.2) is 17.6 Å². The highest BCUT2D eigenvalue weighted by molar-refractivity contribution is 5.66. The van der Waals surface area contributed by atoms with Gasteiger partial charge in [-0.2, -0.15) is 0 Å². The number of nitrogens with zero attached hydrogens (tertiary/aromatic N) is 1. The summed E-state index contributed by atoms with van der Waals surface area (Å²) in [5.41, 5.74) is 1.99. The van der Waals surface area contributed by atoms with Crippen molar-refractivity contribution in [2.24, 2.45) is 0 Å². The molecule has 14 heavy (non-hydrogen) atoms. The van der Waals surface area contributed by atoms with Crippen LogP contribution in [0.4, 0.5) is 0 Å². The van der Waals surface area contributed by atoms with E-state index < -0.39 is 0 Å². The fourth-order valence-electron chi connectivity index (χ4n) is 1.05. The summed E-state index contributed by atoms with van der Waals surface area (Å²) < 4.78 is 4.82. The van der Waals surface area contributed by atoms with Gasteiger partial charge in [-0.15, -0.1) is 0 Å². The predicted octanol–water partition coefficient (Wildman–Crippen LogP) is 2.05. The minimum Gasteiger partial charge on any atom is -0.466 e. The Balaban J connectivity index is 2.40. The molecule has 0 saturated heterocycles. The van der Waals surface area contributed by atoms with Crippen LogP contribution in [-0.2, 0) is 9.53 Å². The van der Waals surface area contributed by atoms with E-state index in [2.05, 4.69) is 11.6 Å². The third-order valence-corrected chi connectivity index (χ3v) is 1.80. The predicted molar refractivity (Wildman–Crippen MR) is 54.5 cm³/mol. The highest BCUT2D eigenvalue weighted by atomic mass is 16.5. The molecule has 0 unspecified atom stereocenters. The van der Waals surface area contributed by atoms with Crippen molar-refractivity contribution in [2.75, 3.05) is 6.61 Å². The van der Waals surface area contributed by atoms with Gasteiger partial charge in [0.15, 0.2) is 0 Å². The van der Waals surface area contributed by atoms with Gasteiger partial charge >= 0.3 is 5.97 Å². The van der Waals surface area contributed by atoms with Crippen molar-refractivity contribution in [3.8, 4) is 0 Å². The van der Waals surface area contributed by atoms with Crippen molar-refractivity contribution in [2.45, 2.75) is 13.3 Å². The first-order valence-electron chi connectivity index (χ1n) is 4.41. The number of aromatic nitrogens is 1. The summed E-state index contributed by atoms with van der Waals surface area (Å²) in [4.78, 5) is 14.4. The number of hydrogen-bond acceptors (Lipinski definition) is 3. The average Bonchev–Trinajstić information content (AvgIpc) is 2.18. The molecule has 0 fully saturated rings. The molecule has 0 bridgehead atoms. The Morgan fingerprint density at radius 3 is 2.71 bits per heavy atom. The quantitative estimate of drug-likeness (QED) is 0.684. The first kappa shape index (κ1) is 10.4. The molecule has 1 aromatic rings. The lowest BCUT2D eigenvalue weighted by Gasteiger charge is -2.05. The van der Waals surface area contributed by atoms with Crippen LogP contribution in [0.2, 0.25) is 0 Å². The van der Waals surface area contributed by atoms with Gasteiger partial charge < -0.3 is 4.74 Å². The van der Waals surface area contributed by atoms with Crippen LogP contribution in [0.15, 0.2) is 31.1 Å². The number of carbonyl (C=O) groups is 1. The molecule has 1 aromatic heterocycles. The average molecular weight is 191 g/mol. The van der Waals surface area contributed by atoms with Crippen molar-refractivity contribution in [3.63, 3.8) is 0 Å². The lowest BCUT2D eigenvalue weighted by molar-refractivity contribution is -0.140. The van der Waals surface area contributed by atoms with Crippen LogP contribution in [0, 0.1) is 0 Å². The van der Waals surface area contributed by atoms with E-state index in [0.717, 1.165) is 11.1 Å². The Morgan fingerprint density at radius 2 is 2.14 bits per heavy atom. The van der Waals surface area contributed by atoms with E-state index in [0.29, 0.717) is 13.0 Å². The van der Waals surface area contributed by atoms with Gasteiger partial charge in [-0.3, -0.25) is 9.78 Å². The van der Waals surface area contributed by atoms with Gasteiger partial charge in [0.25, 0.3) is 0 Å². The van der Waals surface area contributed by atoms with Gasteiger partial charge in [-0.05, 0) is 23.3 Å². The van der Waals surface area contributed by atoms with Crippen LogP contribution in [0.3, 0.4) is 0 Å². The van der Waals surface area contributed by atoms with E-state index in [-0.39, 0.29) is 5.97 Å². The van der Waals surface area contributed by atoms with Crippen molar-refractivity contribution in [3.05, 3.63) is 36.7 Å². The minimum absolute atomic E-state index is 0.257. The number of ether oxygens (including phenoxy) is 1. The number of hydrogen-bond donors (Lipinski definition) is 0. The Kier molecular flexibility index (Phi) is 3.85. The molecule has 1 heterocycles. The molecule has 0 aliphatic carbocycles. The number of esters is 1. The molecule has 0 aliphatic rings. The van der Waals surface area contributed by atoms with Gasteiger partial charge in [0.1, 0.15) is 0 Å². The fraction of sp³-hybridized carbons (Fsp3) is 0.273. The molecule has 3 heteroatoms. The Bertz CT molecular complexity index is 319. The largest absolute Gasteiger partial charge is 0.466 e. The van der Waals surface area contributed by atoms with Crippen LogP contribution in [0.1, 0.15) is 18.9 Å². The second kappa shape index (κ2) is 5.17. The fourth-order valence-corrected chi connectivity index (χ4v) is 1.05. The van der Waals surface area contributed by atoms with Gasteiger partial charge in [-0.1, -0.05) is 6.58 Å². The van der Waals surface area contributed by atoms with E-state index in [1.807, 2.05) is 12.1 Å². The highest BCUT2D eigenvalue weighted by Gasteiger charge is 1.99. The zero-order chi connectivity index (χ0) is 10.4. The van der Waals surface area contributed by atoms with Crippen LogP contribution >= 0.6 is 0 Å². The SMILES string of the molecule is C=C(CCOC(C)=O)c1ccncc1. The first-order chi connectivity index (χ1) is 6.70. The molecule has 0 radical (unpaired) electrons. The third-order valence-electron chi connectivity index (χ3n) is 1.80. The third kappa shape index (κ3) is 3.39. The molecule has 74 valence electrons. The Hall–Kier alpha value is -1.64. The van der Waals surface area contributed by atoms with Crippen molar-refractivity contribution >= 4 is 11.5 Å². The summed E-state index contributed by atoms with van der Waals surface area (Å²) >= 11 is 0. The van der Waals surface area contributed by atoms with Gasteiger partial charge in [0.2, 0.25) is 0 Å². The van der Waals surface area contributed by atoms with Gasteiger partial charge in [0, 0.05) is 25.7 Å². The molecule has 0 spiro atoms. The second-order valence-corrected chi connectivity index (χ2v) is 2.93. The maximum absolute atomic E-state index is 10.5. The summed E-state index contributed by atoms with van der Waals surface area (Å²) in [5, 5.41) is 0. The summed E-state index contributed by atoms with van der Waals surface area (Å²) in [5.74, 6) is -0.257. The van der Waals surface area contributed by atoms with E-state index >= 15 is 0 Å². The molecule has 0 aliphatic heterocycles. The zero-order valence-electron chi connectivity index (χ0n) is 8.19. The number of pyridine rings is 1. The molecule has 0 aromatic carbocycles. The molecule has 0 amide bonds. The zero-order valence-corrected chi connectivity index (χ0v) is 8.19. The molecule has 1 rings (SSSR count). The Morgan fingerprint density at radius 1 is 1.50 bits per heavy atom. The van der Waals surface area contributed by atoms with Crippen LogP contribution in [0.5, 0.6) is 0 Å². The maximum atomic E-state index is 10.5. The van der Waals surface area contributed by atoms with Crippen LogP contribution in [0.25, 0.3) is 5.57 Å². The smallest absolute Gasteiger partial charge is 0.302 e.